The van der Waals surface area contributed by atoms with E-state index in [4.69, 9.17) is 0 Å². The van der Waals surface area contributed by atoms with Gasteiger partial charge in [0.1, 0.15) is 0 Å². The second kappa shape index (κ2) is 4.58. The van der Waals surface area contributed by atoms with E-state index in [-0.39, 0.29) is 0 Å². The van der Waals surface area contributed by atoms with Crippen LogP contribution < -0.4 is 0 Å². The van der Waals surface area contributed by atoms with Crippen molar-refractivity contribution in [1.82, 2.24) is 4.90 Å². The SMILES string of the molecule is CSC1Cc2ccccc2CN1C(C)C. The summed E-state index contributed by atoms with van der Waals surface area (Å²) in [5, 5.41) is 0.653. The first-order chi connectivity index (χ1) is 7.22. The fourth-order valence-corrected chi connectivity index (χ4v) is 3.18. The minimum atomic E-state index is 0.635. The van der Waals surface area contributed by atoms with Gasteiger partial charge in [0, 0.05) is 12.6 Å². The van der Waals surface area contributed by atoms with Crippen molar-refractivity contribution in [3.05, 3.63) is 35.4 Å². The summed E-state index contributed by atoms with van der Waals surface area (Å²) >= 11 is 1.97. The molecule has 1 aromatic carbocycles. The lowest BCUT2D eigenvalue weighted by Crippen LogP contribution is -2.42. The zero-order valence-corrected chi connectivity index (χ0v) is 10.6. The largest absolute Gasteiger partial charge is 0.284 e. The van der Waals surface area contributed by atoms with Gasteiger partial charge in [-0.05, 0) is 37.7 Å². The fraction of sp³-hybridized carbons (Fsp3) is 0.538. The number of hydrogen-bond acceptors (Lipinski definition) is 2. The molecule has 2 heteroatoms. The van der Waals surface area contributed by atoms with E-state index in [0.29, 0.717) is 11.4 Å². The first-order valence-corrected chi connectivity index (χ1v) is 6.86. The Bertz CT molecular complexity index is 335. The predicted molar refractivity (Wildman–Crippen MR) is 68.1 cm³/mol. The van der Waals surface area contributed by atoms with E-state index >= 15 is 0 Å². The molecule has 1 aliphatic heterocycles. The molecule has 0 N–H and O–H groups in total. The monoisotopic (exact) mass is 221 g/mol. The Hall–Kier alpha value is -0.470. The Morgan fingerprint density at radius 3 is 2.53 bits per heavy atom. The molecule has 1 aliphatic rings. The van der Waals surface area contributed by atoms with Crippen LogP contribution in [0.25, 0.3) is 0 Å². The highest BCUT2D eigenvalue weighted by Gasteiger charge is 2.26. The van der Waals surface area contributed by atoms with Crippen LogP contribution in [0.15, 0.2) is 24.3 Å². The van der Waals surface area contributed by atoms with Crippen molar-refractivity contribution in [2.75, 3.05) is 6.26 Å². The molecule has 1 unspecified atom stereocenters. The van der Waals surface area contributed by atoms with Crippen molar-refractivity contribution in [2.24, 2.45) is 0 Å². The van der Waals surface area contributed by atoms with Gasteiger partial charge in [0.15, 0.2) is 0 Å². The topological polar surface area (TPSA) is 3.24 Å². The normalized spacial score (nSPS) is 21.7. The minimum absolute atomic E-state index is 0.635. The third kappa shape index (κ3) is 2.21. The summed E-state index contributed by atoms with van der Waals surface area (Å²) in [6, 6.07) is 9.48. The quantitative estimate of drug-likeness (QED) is 0.755. The highest BCUT2D eigenvalue weighted by atomic mass is 32.2. The summed E-state index contributed by atoms with van der Waals surface area (Å²) in [4.78, 5) is 2.59. The van der Waals surface area contributed by atoms with Crippen molar-refractivity contribution in [3.8, 4) is 0 Å². The van der Waals surface area contributed by atoms with Crippen molar-refractivity contribution >= 4 is 11.8 Å². The third-order valence-electron chi connectivity index (χ3n) is 3.17. The summed E-state index contributed by atoms with van der Waals surface area (Å²) < 4.78 is 0. The maximum absolute atomic E-state index is 2.59. The molecule has 0 spiro atoms. The number of benzene rings is 1. The van der Waals surface area contributed by atoms with Crippen LogP contribution in [0, 0.1) is 0 Å². The van der Waals surface area contributed by atoms with Crippen LogP contribution in [0.2, 0.25) is 0 Å². The maximum atomic E-state index is 2.59. The number of rotatable bonds is 2. The summed E-state index contributed by atoms with van der Waals surface area (Å²) in [6.45, 7) is 5.69. The molecule has 1 heterocycles. The summed E-state index contributed by atoms with van der Waals surface area (Å²) in [6.07, 6.45) is 3.41. The third-order valence-corrected chi connectivity index (χ3v) is 4.15. The Labute approximate surface area is 96.9 Å². The Kier molecular flexibility index (Phi) is 3.37. The lowest BCUT2D eigenvalue weighted by molar-refractivity contribution is 0.183. The average molecular weight is 221 g/mol. The second-order valence-corrected chi connectivity index (χ2v) is 5.44. The van der Waals surface area contributed by atoms with E-state index in [1.807, 2.05) is 11.8 Å². The highest BCUT2D eigenvalue weighted by molar-refractivity contribution is 7.99. The van der Waals surface area contributed by atoms with Crippen LogP contribution in [0.3, 0.4) is 0 Å². The zero-order valence-electron chi connectivity index (χ0n) is 9.73. The lowest BCUT2D eigenvalue weighted by Gasteiger charge is -2.38. The van der Waals surface area contributed by atoms with Gasteiger partial charge < -0.3 is 0 Å². The van der Waals surface area contributed by atoms with Gasteiger partial charge in [-0.3, -0.25) is 4.90 Å². The number of hydrogen-bond donors (Lipinski definition) is 0. The van der Waals surface area contributed by atoms with Crippen LogP contribution in [-0.2, 0) is 13.0 Å². The average Bonchev–Trinajstić information content (AvgIpc) is 2.27. The molecule has 1 nitrogen and oxygen atoms in total. The van der Waals surface area contributed by atoms with Crippen LogP contribution in [0.5, 0.6) is 0 Å². The van der Waals surface area contributed by atoms with Crippen molar-refractivity contribution < 1.29 is 0 Å². The van der Waals surface area contributed by atoms with Crippen LogP contribution >= 0.6 is 11.8 Å². The number of fused-ring (bicyclic) bond motifs is 1. The molecule has 0 amide bonds. The molecule has 0 radical (unpaired) electrons. The van der Waals surface area contributed by atoms with Gasteiger partial charge in [-0.1, -0.05) is 24.3 Å². The van der Waals surface area contributed by atoms with Gasteiger partial charge in [0.25, 0.3) is 0 Å². The van der Waals surface area contributed by atoms with E-state index in [1.165, 1.54) is 17.5 Å². The molecule has 0 bridgehead atoms. The van der Waals surface area contributed by atoms with Gasteiger partial charge in [-0.15, -0.1) is 11.8 Å². The van der Waals surface area contributed by atoms with Crippen LogP contribution in [0.1, 0.15) is 25.0 Å². The first kappa shape index (κ1) is 11.0. The molecule has 1 atom stereocenters. The number of nitrogens with zero attached hydrogens (tertiary/aromatic N) is 1. The van der Waals surface area contributed by atoms with Gasteiger partial charge in [-0.25, -0.2) is 0 Å². The standard InChI is InChI=1S/C13H19NS/c1-10(2)14-9-12-7-5-4-6-11(12)8-13(14)15-3/h4-7,10,13H,8-9H2,1-3H3. The molecule has 82 valence electrons. The molecule has 2 rings (SSSR count). The van der Waals surface area contributed by atoms with Crippen LogP contribution in [-0.4, -0.2) is 22.6 Å². The van der Waals surface area contributed by atoms with Gasteiger partial charge in [0.05, 0.1) is 5.37 Å². The minimum Gasteiger partial charge on any atom is -0.284 e. The van der Waals surface area contributed by atoms with E-state index in [2.05, 4.69) is 49.3 Å². The summed E-state index contributed by atoms with van der Waals surface area (Å²) in [7, 11) is 0. The van der Waals surface area contributed by atoms with Gasteiger partial charge in [-0.2, -0.15) is 0 Å². The molecular formula is C13H19NS. The van der Waals surface area contributed by atoms with E-state index in [9.17, 15) is 0 Å². The smallest absolute Gasteiger partial charge is 0.0600 e. The van der Waals surface area contributed by atoms with Crippen molar-refractivity contribution in [1.29, 1.82) is 0 Å². The molecule has 0 saturated carbocycles. The van der Waals surface area contributed by atoms with E-state index in [1.54, 1.807) is 0 Å². The highest BCUT2D eigenvalue weighted by Crippen LogP contribution is 2.29. The lowest BCUT2D eigenvalue weighted by atomic mass is 9.99. The van der Waals surface area contributed by atoms with Crippen molar-refractivity contribution in [3.63, 3.8) is 0 Å². The van der Waals surface area contributed by atoms with Crippen LogP contribution in [0.4, 0.5) is 0 Å². The Morgan fingerprint density at radius 2 is 1.93 bits per heavy atom. The van der Waals surface area contributed by atoms with E-state index < -0.39 is 0 Å². The summed E-state index contributed by atoms with van der Waals surface area (Å²) in [5.74, 6) is 0. The molecular weight excluding hydrogens is 202 g/mol. The molecule has 1 aromatic rings. The molecule has 15 heavy (non-hydrogen) atoms. The Morgan fingerprint density at radius 1 is 1.27 bits per heavy atom. The molecule has 0 aromatic heterocycles. The predicted octanol–water partition coefficient (Wildman–Crippen LogP) is 3.14. The fourth-order valence-electron chi connectivity index (χ4n) is 2.25. The first-order valence-electron chi connectivity index (χ1n) is 5.57. The van der Waals surface area contributed by atoms with Gasteiger partial charge in [0.2, 0.25) is 0 Å². The summed E-state index contributed by atoms with van der Waals surface area (Å²) in [5.41, 5.74) is 3.05. The number of thioether (sulfide) groups is 1. The Balaban J connectivity index is 2.26. The van der Waals surface area contributed by atoms with Crippen molar-refractivity contribution in [2.45, 2.75) is 38.2 Å². The van der Waals surface area contributed by atoms with E-state index in [0.717, 1.165) is 6.54 Å². The molecule has 0 aliphatic carbocycles. The zero-order chi connectivity index (χ0) is 10.8. The molecule has 0 fully saturated rings. The molecule has 0 saturated heterocycles. The second-order valence-electron chi connectivity index (χ2n) is 4.43. The maximum Gasteiger partial charge on any atom is 0.0600 e. The van der Waals surface area contributed by atoms with Gasteiger partial charge >= 0.3 is 0 Å².